The summed E-state index contributed by atoms with van der Waals surface area (Å²) in [6.07, 6.45) is 3.72. The van der Waals surface area contributed by atoms with Crippen molar-refractivity contribution < 1.29 is 8.78 Å². The highest BCUT2D eigenvalue weighted by atomic mass is 19.3. The van der Waals surface area contributed by atoms with Crippen LogP contribution in [0.1, 0.15) is 55.7 Å². The van der Waals surface area contributed by atoms with Crippen LogP contribution in [0.3, 0.4) is 0 Å². The molecule has 1 saturated heterocycles. The van der Waals surface area contributed by atoms with E-state index in [2.05, 4.69) is 4.90 Å². The molecule has 2 unspecified atom stereocenters. The zero-order valence-electron chi connectivity index (χ0n) is 12.3. The van der Waals surface area contributed by atoms with Gasteiger partial charge in [0.05, 0.1) is 0 Å². The number of hydrogen-bond acceptors (Lipinski definition) is 2. The third kappa shape index (κ3) is 3.27. The third-order valence-electron chi connectivity index (χ3n) is 4.89. The Bertz CT molecular complexity index is 456. The number of alkyl halides is 2. The van der Waals surface area contributed by atoms with Crippen LogP contribution in [0.5, 0.6) is 0 Å². The summed E-state index contributed by atoms with van der Waals surface area (Å²) in [5.41, 5.74) is 7.28. The minimum atomic E-state index is -2.39. The molecule has 1 aromatic carbocycles. The average molecular weight is 294 g/mol. The van der Waals surface area contributed by atoms with Gasteiger partial charge in [-0.05, 0) is 50.3 Å². The lowest BCUT2D eigenvalue weighted by molar-refractivity contribution is 0.146. The normalized spacial score (nSPS) is 27.8. The molecule has 116 valence electrons. The zero-order valence-corrected chi connectivity index (χ0v) is 12.3. The van der Waals surface area contributed by atoms with Gasteiger partial charge in [0.1, 0.15) is 0 Å². The molecule has 1 heterocycles. The predicted octanol–water partition coefficient (Wildman–Crippen LogP) is 3.89. The van der Waals surface area contributed by atoms with Gasteiger partial charge in [0.2, 0.25) is 0 Å². The second kappa shape index (κ2) is 6.41. The van der Waals surface area contributed by atoms with Gasteiger partial charge in [0.25, 0.3) is 6.43 Å². The molecule has 0 bridgehead atoms. The number of nitrogens with two attached hydrogens (primary N) is 1. The summed E-state index contributed by atoms with van der Waals surface area (Å²) in [6.45, 7) is 1.78. The van der Waals surface area contributed by atoms with Crippen molar-refractivity contribution in [3.63, 3.8) is 0 Å². The average Bonchev–Trinajstić information content (AvgIpc) is 3.32. The number of halogens is 2. The Hall–Kier alpha value is -1.00. The molecule has 1 saturated carbocycles. The van der Waals surface area contributed by atoms with Crippen molar-refractivity contribution in [3.8, 4) is 0 Å². The largest absolute Gasteiger partial charge is 0.330 e. The zero-order chi connectivity index (χ0) is 14.8. The van der Waals surface area contributed by atoms with Crippen molar-refractivity contribution in [2.45, 2.75) is 50.6 Å². The molecule has 2 aliphatic rings. The molecule has 21 heavy (non-hydrogen) atoms. The highest BCUT2D eigenvalue weighted by molar-refractivity contribution is 5.27. The van der Waals surface area contributed by atoms with E-state index in [-0.39, 0.29) is 5.56 Å². The fraction of sp³-hybridized carbons (Fsp3) is 0.647. The predicted molar refractivity (Wildman–Crippen MR) is 80.3 cm³/mol. The van der Waals surface area contributed by atoms with E-state index in [4.69, 9.17) is 5.73 Å². The van der Waals surface area contributed by atoms with Gasteiger partial charge in [0, 0.05) is 17.6 Å². The van der Waals surface area contributed by atoms with Crippen LogP contribution in [0, 0.1) is 5.92 Å². The summed E-state index contributed by atoms with van der Waals surface area (Å²) in [5.74, 6) is 0.436. The van der Waals surface area contributed by atoms with Crippen LogP contribution in [0.15, 0.2) is 24.3 Å². The van der Waals surface area contributed by atoms with Gasteiger partial charge < -0.3 is 5.73 Å². The lowest BCUT2D eigenvalue weighted by Crippen LogP contribution is -2.37. The second-order valence-electron chi connectivity index (χ2n) is 6.37. The van der Waals surface area contributed by atoms with E-state index in [0.717, 1.165) is 18.5 Å². The molecule has 2 atom stereocenters. The smallest absolute Gasteiger partial charge is 0.263 e. The van der Waals surface area contributed by atoms with E-state index in [1.165, 1.54) is 25.7 Å². The SMILES string of the molecule is NCC1CCCCN(C2CC2)C1c1ccc(C(F)F)cc1. The van der Waals surface area contributed by atoms with Crippen LogP contribution >= 0.6 is 0 Å². The molecule has 4 heteroatoms. The Morgan fingerprint density at radius 2 is 1.81 bits per heavy atom. The molecule has 0 aromatic heterocycles. The van der Waals surface area contributed by atoms with E-state index in [9.17, 15) is 8.78 Å². The highest BCUT2D eigenvalue weighted by Crippen LogP contribution is 2.41. The van der Waals surface area contributed by atoms with Gasteiger partial charge in [-0.3, -0.25) is 4.90 Å². The Balaban J connectivity index is 1.88. The van der Waals surface area contributed by atoms with Crippen molar-refractivity contribution in [1.82, 2.24) is 4.90 Å². The molecule has 2 fully saturated rings. The van der Waals surface area contributed by atoms with E-state index in [1.54, 1.807) is 12.1 Å². The molecular weight excluding hydrogens is 270 g/mol. The summed E-state index contributed by atoms with van der Waals surface area (Å²) in [7, 11) is 0. The maximum atomic E-state index is 12.7. The first-order chi connectivity index (χ1) is 10.2. The highest BCUT2D eigenvalue weighted by Gasteiger charge is 2.38. The van der Waals surface area contributed by atoms with Crippen molar-refractivity contribution in [2.75, 3.05) is 13.1 Å². The maximum Gasteiger partial charge on any atom is 0.263 e. The van der Waals surface area contributed by atoms with Gasteiger partial charge in [-0.25, -0.2) is 8.78 Å². The first-order valence-electron chi connectivity index (χ1n) is 8.04. The molecule has 1 aromatic rings. The Morgan fingerprint density at radius 1 is 1.10 bits per heavy atom. The van der Waals surface area contributed by atoms with E-state index in [1.807, 2.05) is 12.1 Å². The molecule has 0 radical (unpaired) electrons. The van der Waals surface area contributed by atoms with Gasteiger partial charge in [-0.1, -0.05) is 30.7 Å². The van der Waals surface area contributed by atoms with Crippen molar-refractivity contribution in [3.05, 3.63) is 35.4 Å². The molecule has 1 aliphatic heterocycles. The fourth-order valence-electron chi connectivity index (χ4n) is 3.63. The molecule has 2 N–H and O–H groups in total. The molecule has 3 rings (SSSR count). The van der Waals surface area contributed by atoms with E-state index in [0.29, 0.717) is 24.5 Å². The standard InChI is InChI=1S/C17H24F2N2/c18-17(19)13-6-4-12(5-7-13)16-14(11-20)3-1-2-10-21(16)15-8-9-15/h4-7,14-17H,1-3,8-11,20H2. The molecule has 0 spiro atoms. The van der Waals surface area contributed by atoms with Crippen LogP contribution in [-0.2, 0) is 0 Å². The Labute approximate surface area is 125 Å². The van der Waals surface area contributed by atoms with Crippen molar-refractivity contribution >= 4 is 0 Å². The van der Waals surface area contributed by atoms with Crippen LogP contribution in [0.2, 0.25) is 0 Å². The van der Waals surface area contributed by atoms with Gasteiger partial charge in [-0.2, -0.15) is 0 Å². The van der Waals surface area contributed by atoms with E-state index < -0.39 is 6.43 Å². The molecule has 1 aliphatic carbocycles. The topological polar surface area (TPSA) is 29.3 Å². The van der Waals surface area contributed by atoms with E-state index >= 15 is 0 Å². The lowest BCUT2D eigenvalue weighted by atomic mass is 9.88. The minimum Gasteiger partial charge on any atom is -0.330 e. The maximum absolute atomic E-state index is 12.7. The number of nitrogens with zero attached hydrogens (tertiary/aromatic N) is 1. The summed E-state index contributed by atoms with van der Waals surface area (Å²) >= 11 is 0. The first-order valence-corrected chi connectivity index (χ1v) is 8.04. The van der Waals surface area contributed by atoms with Crippen LogP contribution in [-0.4, -0.2) is 24.0 Å². The fourth-order valence-corrected chi connectivity index (χ4v) is 3.63. The second-order valence-corrected chi connectivity index (χ2v) is 6.37. The van der Waals surface area contributed by atoms with Gasteiger partial charge in [-0.15, -0.1) is 0 Å². The summed E-state index contributed by atoms with van der Waals surface area (Å²) in [6, 6.07) is 7.90. The third-order valence-corrected chi connectivity index (χ3v) is 4.89. The van der Waals surface area contributed by atoms with Crippen molar-refractivity contribution in [1.29, 1.82) is 0 Å². The quantitative estimate of drug-likeness (QED) is 0.913. The Morgan fingerprint density at radius 3 is 2.38 bits per heavy atom. The lowest BCUT2D eigenvalue weighted by Gasteiger charge is -2.35. The Kier molecular flexibility index (Phi) is 4.55. The van der Waals surface area contributed by atoms with Crippen LogP contribution in [0.25, 0.3) is 0 Å². The summed E-state index contributed by atoms with van der Waals surface area (Å²) in [5, 5.41) is 0. The van der Waals surface area contributed by atoms with Crippen LogP contribution < -0.4 is 5.73 Å². The molecular formula is C17H24F2N2. The van der Waals surface area contributed by atoms with Gasteiger partial charge in [0.15, 0.2) is 0 Å². The first kappa shape index (κ1) is 14.9. The monoisotopic (exact) mass is 294 g/mol. The summed E-state index contributed by atoms with van der Waals surface area (Å²) < 4.78 is 25.5. The number of hydrogen-bond donors (Lipinski definition) is 1. The molecule has 2 nitrogen and oxygen atoms in total. The summed E-state index contributed by atoms with van der Waals surface area (Å²) in [4.78, 5) is 2.59. The number of benzene rings is 1. The number of likely N-dealkylation sites (tertiary alicyclic amines) is 1. The molecule has 0 amide bonds. The minimum absolute atomic E-state index is 0.106. The van der Waals surface area contributed by atoms with Crippen molar-refractivity contribution in [2.24, 2.45) is 11.7 Å². The van der Waals surface area contributed by atoms with Crippen LogP contribution in [0.4, 0.5) is 8.78 Å². The van der Waals surface area contributed by atoms with Gasteiger partial charge >= 0.3 is 0 Å². The number of rotatable bonds is 4.